The summed E-state index contributed by atoms with van der Waals surface area (Å²) in [5.41, 5.74) is 1.12. The fraction of sp³-hybridized carbons (Fsp3) is 0.312. The Morgan fingerprint density at radius 3 is 2.96 bits per heavy atom. The minimum atomic E-state index is -0.496. The van der Waals surface area contributed by atoms with Crippen molar-refractivity contribution in [3.05, 3.63) is 46.2 Å². The number of hydrogen-bond donors (Lipinski definition) is 0. The van der Waals surface area contributed by atoms with Gasteiger partial charge in [-0.15, -0.1) is 5.10 Å². The van der Waals surface area contributed by atoms with Gasteiger partial charge in [0.1, 0.15) is 5.76 Å². The molecule has 1 aliphatic rings. The summed E-state index contributed by atoms with van der Waals surface area (Å²) >= 11 is 7.45. The zero-order valence-corrected chi connectivity index (χ0v) is 15.0. The average molecular weight is 379 g/mol. The molecule has 0 bridgehead atoms. The number of rotatable bonds is 5. The lowest BCUT2D eigenvalue weighted by atomic mass is 10.0. The molecular formula is C16H15ClN4O3S. The van der Waals surface area contributed by atoms with Crippen molar-refractivity contribution in [2.75, 3.05) is 0 Å². The smallest absolute Gasteiger partial charge is 0.343 e. The van der Waals surface area contributed by atoms with Gasteiger partial charge in [-0.3, -0.25) is 4.79 Å². The Morgan fingerprint density at radius 1 is 1.40 bits per heavy atom. The van der Waals surface area contributed by atoms with Crippen molar-refractivity contribution < 1.29 is 14.3 Å². The molecule has 1 aliphatic carbocycles. The van der Waals surface area contributed by atoms with Crippen LogP contribution in [0.2, 0.25) is 5.02 Å². The molecule has 0 fully saturated rings. The largest absolute Gasteiger partial charge is 0.427 e. The van der Waals surface area contributed by atoms with Crippen molar-refractivity contribution in [1.29, 1.82) is 0 Å². The third kappa shape index (κ3) is 4.46. The summed E-state index contributed by atoms with van der Waals surface area (Å²) in [6, 6.07) is 4.98. The minimum absolute atomic E-state index is 0.0179. The molecule has 1 heterocycles. The molecule has 0 amide bonds. The van der Waals surface area contributed by atoms with Gasteiger partial charge in [-0.25, -0.2) is 9.48 Å². The van der Waals surface area contributed by atoms with Crippen LogP contribution in [0.15, 0.2) is 35.2 Å². The van der Waals surface area contributed by atoms with Crippen molar-refractivity contribution >= 4 is 35.1 Å². The fourth-order valence-corrected chi connectivity index (χ4v) is 3.42. The van der Waals surface area contributed by atoms with Crippen LogP contribution in [0.1, 0.15) is 35.2 Å². The number of thioether (sulfide) groups is 1. The van der Waals surface area contributed by atoms with Crippen LogP contribution < -0.4 is 0 Å². The van der Waals surface area contributed by atoms with Gasteiger partial charge < -0.3 is 4.74 Å². The van der Waals surface area contributed by atoms with Gasteiger partial charge in [0.05, 0.1) is 5.56 Å². The van der Waals surface area contributed by atoms with E-state index in [1.54, 1.807) is 29.9 Å². The molecule has 130 valence electrons. The van der Waals surface area contributed by atoms with Gasteiger partial charge in [0.25, 0.3) is 0 Å². The van der Waals surface area contributed by atoms with Gasteiger partial charge in [-0.05, 0) is 40.6 Å². The topological polar surface area (TPSA) is 87.0 Å². The van der Waals surface area contributed by atoms with Crippen LogP contribution in [0.3, 0.4) is 0 Å². The highest BCUT2D eigenvalue weighted by Gasteiger charge is 2.19. The zero-order valence-electron chi connectivity index (χ0n) is 13.4. The van der Waals surface area contributed by atoms with Crippen molar-refractivity contribution in [2.45, 2.75) is 30.2 Å². The standard InChI is InChI=1S/C16H15ClN4O3S/c1-21-16(18-19-20-21)25-9-10-7-11(17)5-6-14(10)15(23)24-13-4-2-3-12(22)8-13/h5-8H,2-4,9H2,1H3. The highest BCUT2D eigenvalue weighted by atomic mass is 35.5. The Kier molecular flexibility index (Phi) is 5.50. The van der Waals surface area contributed by atoms with E-state index in [0.29, 0.717) is 52.1 Å². The first-order chi connectivity index (χ1) is 12.0. The van der Waals surface area contributed by atoms with E-state index in [1.165, 1.54) is 17.8 Å². The molecule has 0 unspecified atom stereocenters. The van der Waals surface area contributed by atoms with Gasteiger partial charge in [0, 0.05) is 36.7 Å². The predicted molar refractivity (Wildman–Crippen MR) is 92.2 cm³/mol. The fourth-order valence-electron chi connectivity index (χ4n) is 2.38. The molecule has 0 spiro atoms. The summed E-state index contributed by atoms with van der Waals surface area (Å²) in [6.45, 7) is 0. The van der Waals surface area contributed by atoms with E-state index < -0.39 is 5.97 Å². The molecule has 9 heteroatoms. The van der Waals surface area contributed by atoms with Crippen molar-refractivity contribution in [2.24, 2.45) is 7.05 Å². The summed E-state index contributed by atoms with van der Waals surface area (Å²) in [4.78, 5) is 24.0. The van der Waals surface area contributed by atoms with Gasteiger partial charge in [-0.2, -0.15) is 0 Å². The first-order valence-corrected chi connectivity index (χ1v) is 8.98. The summed E-state index contributed by atoms with van der Waals surface area (Å²) in [5, 5.41) is 12.4. The van der Waals surface area contributed by atoms with E-state index in [0.717, 1.165) is 0 Å². The van der Waals surface area contributed by atoms with Crippen LogP contribution >= 0.6 is 23.4 Å². The molecule has 1 aromatic carbocycles. The summed E-state index contributed by atoms with van der Waals surface area (Å²) in [6.07, 6.45) is 3.17. The number of aromatic nitrogens is 4. The average Bonchev–Trinajstić information content (AvgIpc) is 2.98. The van der Waals surface area contributed by atoms with E-state index in [4.69, 9.17) is 16.3 Å². The molecule has 0 atom stereocenters. The molecule has 0 saturated carbocycles. The van der Waals surface area contributed by atoms with Gasteiger partial charge >= 0.3 is 5.97 Å². The summed E-state index contributed by atoms with van der Waals surface area (Å²) < 4.78 is 6.94. The number of tetrazole rings is 1. The Hall–Kier alpha value is -2.19. The number of esters is 1. The molecule has 2 aromatic rings. The highest BCUT2D eigenvalue weighted by molar-refractivity contribution is 7.98. The number of ketones is 1. The lowest BCUT2D eigenvalue weighted by molar-refractivity contribution is -0.115. The maximum Gasteiger partial charge on any atom is 0.343 e. The van der Waals surface area contributed by atoms with Crippen LogP contribution in [0.4, 0.5) is 0 Å². The lowest BCUT2D eigenvalue weighted by Crippen LogP contribution is -2.12. The zero-order chi connectivity index (χ0) is 17.8. The Balaban J connectivity index is 1.77. The van der Waals surface area contributed by atoms with Crippen LogP contribution in [0, 0.1) is 0 Å². The molecule has 7 nitrogen and oxygen atoms in total. The molecule has 0 radical (unpaired) electrons. The number of nitrogens with zero attached hydrogens (tertiary/aromatic N) is 4. The second kappa shape index (κ2) is 7.79. The first-order valence-electron chi connectivity index (χ1n) is 7.62. The van der Waals surface area contributed by atoms with E-state index in [-0.39, 0.29) is 5.78 Å². The third-order valence-electron chi connectivity index (χ3n) is 3.62. The number of carbonyl (C=O) groups is 2. The molecular weight excluding hydrogens is 364 g/mol. The number of allylic oxidation sites excluding steroid dienone is 2. The van der Waals surface area contributed by atoms with Crippen LogP contribution in [0.5, 0.6) is 0 Å². The summed E-state index contributed by atoms with van der Waals surface area (Å²) in [5.74, 6) is 0.351. The molecule has 1 aromatic heterocycles. The van der Waals surface area contributed by atoms with Crippen molar-refractivity contribution in [3.63, 3.8) is 0 Å². The Morgan fingerprint density at radius 2 is 2.24 bits per heavy atom. The quantitative estimate of drug-likeness (QED) is 0.583. The molecule has 25 heavy (non-hydrogen) atoms. The van der Waals surface area contributed by atoms with E-state index >= 15 is 0 Å². The Bertz CT molecular complexity index is 850. The van der Waals surface area contributed by atoms with E-state index in [1.807, 2.05) is 0 Å². The maximum atomic E-state index is 12.5. The second-order valence-corrected chi connectivity index (χ2v) is 6.87. The van der Waals surface area contributed by atoms with Crippen LogP contribution in [0.25, 0.3) is 0 Å². The molecule has 3 rings (SSSR count). The van der Waals surface area contributed by atoms with E-state index in [2.05, 4.69) is 15.5 Å². The number of aryl methyl sites for hydroxylation is 1. The minimum Gasteiger partial charge on any atom is -0.427 e. The summed E-state index contributed by atoms with van der Waals surface area (Å²) in [7, 11) is 1.74. The highest BCUT2D eigenvalue weighted by Crippen LogP contribution is 2.26. The van der Waals surface area contributed by atoms with Gasteiger partial charge in [0.2, 0.25) is 5.16 Å². The van der Waals surface area contributed by atoms with Crippen LogP contribution in [-0.4, -0.2) is 32.0 Å². The Labute approximate surface area is 153 Å². The lowest BCUT2D eigenvalue weighted by Gasteiger charge is -2.14. The first kappa shape index (κ1) is 17.6. The number of benzene rings is 1. The number of ether oxygens (including phenoxy) is 1. The van der Waals surface area contributed by atoms with Crippen molar-refractivity contribution in [3.8, 4) is 0 Å². The monoisotopic (exact) mass is 378 g/mol. The predicted octanol–water partition coefficient (Wildman–Crippen LogP) is 2.95. The maximum absolute atomic E-state index is 12.5. The number of hydrogen-bond acceptors (Lipinski definition) is 7. The van der Waals surface area contributed by atoms with Crippen LogP contribution in [-0.2, 0) is 22.3 Å². The molecule has 0 saturated heterocycles. The SMILES string of the molecule is Cn1nnnc1SCc1cc(Cl)ccc1C(=O)OC1=CC(=O)CCC1. The van der Waals surface area contributed by atoms with Crippen molar-refractivity contribution in [1.82, 2.24) is 20.2 Å². The third-order valence-corrected chi connectivity index (χ3v) is 4.91. The molecule has 0 aliphatic heterocycles. The van der Waals surface area contributed by atoms with Gasteiger partial charge in [-0.1, -0.05) is 23.4 Å². The van der Waals surface area contributed by atoms with Gasteiger partial charge in [0.15, 0.2) is 5.78 Å². The van der Waals surface area contributed by atoms with E-state index in [9.17, 15) is 9.59 Å². The normalized spacial score (nSPS) is 14.3. The molecule has 0 N–H and O–H groups in total. The second-order valence-electron chi connectivity index (χ2n) is 5.50. The number of halogens is 1. The number of carbonyl (C=O) groups excluding carboxylic acids is 2.